The Labute approximate surface area is 461 Å². The van der Waals surface area contributed by atoms with E-state index in [-0.39, 0.29) is 0 Å². The van der Waals surface area contributed by atoms with E-state index < -0.39 is 178 Å². The lowest BCUT2D eigenvalue weighted by Gasteiger charge is -2.44. The van der Waals surface area contributed by atoms with E-state index in [0.717, 1.165) is 0 Å². The Balaban J connectivity index is 5.27. The molecule has 0 aliphatic rings. The highest BCUT2D eigenvalue weighted by Crippen LogP contribution is 2.31. The predicted octanol–water partition coefficient (Wildman–Crippen LogP) is 7.09. The fourth-order valence-electron chi connectivity index (χ4n) is 9.03. The van der Waals surface area contributed by atoms with Gasteiger partial charge in [-0.05, 0) is 210 Å². The third-order valence-electron chi connectivity index (χ3n) is 8.54. The molecule has 0 rings (SSSR count). The summed E-state index contributed by atoms with van der Waals surface area (Å²) in [5.41, 5.74) is 0. The van der Waals surface area contributed by atoms with Crippen LogP contribution >= 0.6 is 0 Å². The normalized spacial score (nSPS) is 18.2. The molecule has 0 bridgehead atoms. The summed E-state index contributed by atoms with van der Waals surface area (Å²) in [6, 6.07) is 0. The second-order valence-electron chi connectivity index (χ2n) is 22.9. The first-order chi connectivity index (χ1) is 31.3. The van der Waals surface area contributed by atoms with Gasteiger partial charge in [-0.3, -0.25) is 0 Å². The van der Waals surface area contributed by atoms with Gasteiger partial charge in [0.25, 0.3) is 74.3 Å². The molecule has 39 heteroatoms. The summed E-state index contributed by atoms with van der Waals surface area (Å²) < 4.78 is 124. The molecule has 0 aliphatic heterocycles. The van der Waals surface area contributed by atoms with Crippen LogP contribution in [0.25, 0.3) is 0 Å². The van der Waals surface area contributed by atoms with Gasteiger partial charge in [-0.25, -0.2) is 0 Å². The van der Waals surface area contributed by atoms with Crippen molar-refractivity contribution in [3.8, 4) is 0 Å². The Morgan fingerprint density at radius 2 is 0.324 bits per heavy atom. The van der Waals surface area contributed by atoms with Crippen molar-refractivity contribution in [3.05, 3.63) is 0 Å². The largest absolute Gasteiger partial charge is 0.442 e. The van der Waals surface area contributed by atoms with Crippen molar-refractivity contribution in [3.63, 3.8) is 0 Å². The van der Waals surface area contributed by atoms with Crippen LogP contribution in [0.2, 0.25) is 210 Å². The standard InChI is InChI=1S/C32H106O19Si20/c1-52(2)33-54(5)34-55(6)35-56(7)36-57(8)37-58(9)38-59(10)39-60(11)40-61(12)42-63(15,16)44-65(19,20)46-67(23,24)48-69(27,28)50-71(31,32)51-70(29,30)49-68(25,26)47-66(21,22)45-64(17,18)43-62(13,14)41-53(3)4/h52-61H,1-32H3. The fourth-order valence-corrected chi connectivity index (χ4v) is 89.7. The van der Waals surface area contributed by atoms with E-state index in [4.69, 9.17) is 78.2 Å². The molecule has 0 aromatic carbocycles. The van der Waals surface area contributed by atoms with E-state index in [1.54, 1.807) is 0 Å². The van der Waals surface area contributed by atoms with Gasteiger partial charge in [0.05, 0.1) is 0 Å². The summed E-state index contributed by atoms with van der Waals surface area (Å²) in [4.78, 5) is 0. The zero-order valence-electron chi connectivity index (χ0n) is 50.5. The van der Waals surface area contributed by atoms with Gasteiger partial charge in [-0.15, -0.1) is 0 Å². The van der Waals surface area contributed by atoms with Crippen molar-refractivity contribution in [2.75, 3.05) is 0 Å². The minimum absolute atomic E-state index is 1.12. The highest BCUT2D eigenvalue weighted by atomic mass is 28.5. The molecule has 0 N–H and O–H groups in total. The Morgan fingerprint density at radius 1 is 0.169 bits per heavy atom. The smallest absolute Gasteiger partial charge is 0.314 e. The average molecular weight is 1360 g/mol. The van der Waals surface area contributed by atoms with Gasteiger partial charge in [-0.2, -0.15) is 0 Å². The van der Waals surface area contributed by atoms with E-state index in [0.29, 0.717) is 0 Å². The van der Waals surface area contributed by atoms with Crippen LogP contribution < -0.4 is 0 Å². The van der Waals surface area contributed by atoms with E-state index in [1.807, 2.05) is 58.9 Å². The summed E-state index contributed by atoms with van der Waals surface area (Å²) in [5.74, 6) is 0. The van der Waals surface area contributed by atoms with E-state index in [9.17, 15) is 0 Å². The Morgan fingerprint density at radius 3 is 0.507 bits per heavy atom. The highest BCUT2D eigenvalue weighted by molar-refractivity contribution is 6.93. The number of hydrogen-bond donors (Lipinski definition) is 0. The van der Waals surface area contributed by atoms with Crippen molar-refractivity contribution in [2.24, 2.45) is 0 Å². The Bertz CT molecular complexity index is 1540. The second kappa shape index (κ2) is 30.6. The minimum Gasteiger partial charge on any atom is -0.442 e. The van der Waals surface area contributed by atoms with Crippen LogP contribution in [0.4, 0.5) is 0 Å². The SMILES string of the molecule is C[SiH](C)O[SiH](C)O[SiH](C)O[SiH](C)O[SiH](C)O[SiH](C)O[SiH](C)O[SiH](C)O[SiH](C)O[Si](C)(C)O[Si](C)(C)O[Si](C)(C)O[Si](C)(C)O[Si](C)(C)O[Si](C)(C)O[Si](C)(C)O[Si](C)(C)O[Si](C)(C)O[Si](C)(C)O[SiH](C)C. The molecule has 0 heterocycles. The van der Waals surface area contributed by atoms with Gasteiger partial charge < -0.3 is 78.2 Å². The molecule has 0 spiro atoms. The summed E-state index contributed by atoms with van der Waals surface area (Å²) >= 11 is 0. The molecule has 71 heavy (non-hydrogen) atoms. The highest BCUT2D eigenvalue weighted by Gasteiger charge is 2.51. The molecule has 19 nitrogen and oxygen atoms in total. The third kappa shape index (κ3) is 38.0. The molecule has 0 saturated carbocycles. The third-order valence-corrected chi connectivity index (χ3v) is 76.9. The van der Waals surface area contributed by atoms with Crippen molar-refractivity contribution in [1.82, 2.24) is 0 Å². The first-order valence-corrected chi connectivity index (χ1v) is 75.8. The fraction of sp³-hybridized carbons (Fsp3) is 1.00. The van der Waals surface area contributed by atoms with Gasteiger partial charge >= 0.3 is 85.6 Å². The van der Waals surface area contributed by atoms with Crippen LogP contribution in [0.3, 0.4) is 0 Å². The lowest BCUT2D eigenvalue weighted by atomic mass is 11.9. The van der Waals surface area contributed by atoms with Crippen LogP contribution in [0.5, 0.6) is 0 Å². The van der Waals surface area contributed by atoms with Crippen molar-refractivity contribution in [1.29, 1.82) is 0 Å². The monoisotopic (exact) mass is 1350 g/mol. The Hall–Kier alpha value is 3.58. The Kier molecular flexibility index (Phi) is 32.1. The first-order valence-electron chi connectivity index (χ1n) is 25.3. The van der Waals surface area contributed by atoms with E-state index in [1.165, 1.54) is 0 Å². The molecule has 0 radical (unpaired) electrons. The zero-order chi connectivity index (χ0) is 56.2. The lowest BCUT2D eigenvalue weighted by Crippen LogP contribution is -2.62. The van der Waals surface area contributed by atoms with Gasteiger partial charge in [0, 0.05) is 0 Å². The molecule has 8 atom stereocenters. The molecule has 0 fully saturated rings. The predicted molar refractivity (Wildman–Crippen MR) is 337 cm³/mol. The van der Waals surface area contributed by atoms with E-state index in [2.05, 4.69) is 151 Å². The summed E-state index contributed by atoms with van der Waals surface area (Å²) in [6.45, 7) is 66.2. The van der Waals surface area contributed by atoms with Gasteiger partial charge in [-0.1, -0.05) is 0 Å². The zero-order valence-corrected chi connectivity index (χ0v) is 72.1. The summed E-state index contributed by atoms with van der Waals surface area (Å²) in [6.07, 6.45) is 0. The molecule has 428 valence electrons. The number of hydrogen-bond acceptors (Lipinski definition) is 19. The van der Waals surface area contributed by atoms with Crippen molar-refractivity contribution in [2.45, 2.75) is 210 Å². The molecule has 0 aromatic heterocycles. The molecule has 0 aliphatic carbocycles. The van der Waals surface area contributed by atoms with Crippen molar-refractivity contribution >= 4 is 178 Å². The molecular formula is C32H106O19Si20. The second-order valence-corrected chi connectivity index (χ2v) is 82.1. The number of rotatable bonds is 38. The lowest BCUT2D eigenvalue weighted by molar-refractivity contribution is 0.253. The molecule has 0 aromatic rings. The van der Waals surface area contributed by atoms with Gasteiger partial charge in [0.2, 0.25) is 0 Å². The van der Waals surface area contributed by atoms with Gasteiger partial charge in [0.15, 0.2) is 18.1 Å². The maximum Gasteiger partial charge on any atom is 0.314 e. The molecule has 0 saturated heterocycles. The topological polar surface area (TPSA) is 175 Å². The molecule has 0 amide bonds. The van der Waals surface area contributed by atoms with E-state index >= 15 is 0 Å². The minimum atomic E-state index is -2.79. The van der Waals surface area contributed by atoms with Crippen LogP contribution in [0.1, 0.15) is 0 Å². The summed E-state index contributed by atoms with van der Waals surface area (Å²) in [5, 5.41) is 0. The summed E-state index contributed by atoms with van der Waals surface area (Å²) in [7, 11) is -44.7. The average Bonchev–Trinajstić information content (AvgIpc) is 2.96. The quantitative estimate of drug-likeness (QED) is 0.0573. The first kappa shape index (κ1) is 74.6. The van der Waals surface area contributed by atoms with Crippen LogP contribution in [-0.4, -0.2) is 178 Å². The van der Waals surface area contributed by atoms with Crippen molar-refractivity contribution < 1.29 is 78.2 Å². The van der Waals surface area contributed by atoms with Crippen LogP contribution in [0.15, 0.2) is 0 Å². The molecular weight excluding hydrogens is 1250 g/mol. The maximum absolute atomic E-state index is 6.87. The van der Waals surface area contributed by atoms with Crippen LogP contribution in [0, 0.1) is 0 Å². The maximum atomic E-state index is 6.87. The molecule has 8 unspecified atom stereocenters. The van der Waals surface area contributed by atoms with Crippen LogP contribution in [-0.2, 0) is 78.2 Å². The van der Waals surface area contributed by atoms with Gasteiger partial charge in [0.1, 0.15) is 0 Å².